The van der Waals surface area contributed by atoms with Gasteiger partial charge in [-0.15, -0.1) is 0 Å². The minimum Gasteiger partial charge on any atom is -0.381 e. The molecule has 8 nitrogen and oxygen atoms in total. The van der Waals surface area contributed by atoms with Crippen molar-refractivity contribution >= 4 is 21.5 Å². The number of rotatable bonds is 3. The van der Waals surface area contributed by atoms with Crippen LogP contribution in [0.2, 0.25) is 0 Å². The van der Waals surface area contributed by atoms with Gasteiger partial charge in [0.15, 0.2) is 11.5 Å². The zero-order chi connectivity index (χ0) is 19.5. The number of piperidine rings is 1. The molecule has 1 aromatic carbocycles. The molecular formula is C19H22N6O2S. The van der Waals surface area contributed by atoms with Gasteiger partial charge in [0.1, 0.15) is 6.33 Å². The average Bonchev–Trinajstić information content (AvgIpc) is 3.29. The number of aryl methyl sites for hydroxylation is 1. The zero-order valence-electron chi connectivity index (χ0n) is 15.7. The van der Waals surface area contributed by atoms with Gasteiger partial charge in [-0.1, -0.05) is 12.5 Å². The Morgan fingerprint density at radius 1 is 1.14 bits per heavy atom. The normalized spacial score (nSPS) is 19.3. The monoisotopic (exact) mass is 398 g/mol. The average molecular weight is 398 g/mol. The van der Waals surface area contributed by atoms with Crippen molar-refractivity contribution < 1.29 is 8.42 Å². The van der Waals surface area contributed by atoms with Crippen LogP contribution in [0, 0.1) is 6.92 Å². The Kier molecular flexibility index (Phi) is 3.76. The highest BCUT2D eigenvalue weighted by Crippen LogP contribution is 2.50. The van der Waals surface area contributed by atoms with Gasteiger partial charge in [0.2, 0.25) is 10.0 Å². The molecule has 2 aromatic heterocycles. The first-order chi connectivity index (χ1) is 13.4. The fourth-order valence-corrected chi connectivity index (χ4v) is 6.19. The second kappa shape index (κ2) is 5.99. The lowest BCUT2D eigenvalue weighted by atomic mass is 10.0. The van der Waals surface area contributed by atoms with Crippen LogP contribution in [0.4, 0.5) is 5.82 Å². The molecule has 5 rings (SSSR count). The Bertz CT molecular complexity index is 1180. The fourth-order valence-electron chi connectivity index (χ4n) is 4.27. The Morgan fingerprint density at radius 2 is 1.96 bits per heavy atom. The summed E-state index contributed by atoms with van der Waals surface area (Å²) in [5.74, 6) is 0.284. The highest BCUT2D eigenvalue weighted by Gasteiger charge is 2.53. The summed E-state index contributed by atoms with van der Waals surface area (Å²) in [6.45, 7) is 2.55. The van der Waals surface area contributed by atoms with Crippen LogP contribution in [0.5, 0.6) is 0 Å². The van der Waals surface area contributed by atoms with Crippen molar-refractivity contribution in [1.82, 2.24) is 23.9 Å². The van der Waals surface area contributed by atoms with Crippen LogP contribution < -0.4 is 5.73 Å². The topological polar surface area (TPSA) is 106 Å². The molecule has 1 aliphatic heterocycles. The van der Waals surface area contributed by atoms with Crippen LogP contribution in [-0.2, 0) is 10.0 Å². The number of fused-ring (bicyclic) bond motifs is 1. The molecule has 1 spiro atoms. The smallest absolute Gasteiger partial charge is 0.243 e. The van der Waals surface area contributed by atoms with Crippen molar-refractivity contribution in [3.8, 4) is 11.3 Å². The van der Waals surface area contributed by atoms with E-state index in [1.807, 2.05) is 13.0 Å². The first-order valence-corrected chi connectivity index (χ1v) is 10.9. The maximum absolute atomic E-state index is 13.5. The summed E-state index contributed by atoms with van der Waals surface area (Å²) in [5.41, 5.74) is 8.60. The first kappa shape index (κ1) is 17.6. The Hall–Kier alpha value is -2.52. The Morgan fingerprint density at radius 3 is 2.75 bits per heavy atom. The van der Waals surface area contributed by atoms with E-state index >= 15 is 0 Å². The quantitative estimate of drug-likeness (QED) is 0.726. The molecular weight excluding hydrogens is 376 g/mol. The van der Waals surface area contributed by atoms with E-state index in [0.29, 0.717) is 22.8 Å². The Balaban J connectivity index is 1.62. The molecule has 0 amide bonds. The summed E-state index contributed by atoms with van der Waals surface area (Å²) in [6, 6.07) is 5.28. The molecule has 3 aromatic rings. The van der Waals surface area contributed by atoms with Gasteiger partial charge >= 0.3 is 0 Å². The van der Waals surface area contributed by atoms with E-state index in [1.165, 1.54) is 6.33 Å². The number of nitrogens with zero attached hydrogens (tertiary/aromatic N) is 5. The molecule has 2 N–H and O–H groups in total. The van der Waals surface area contributed by atoms with Crippen molar-refractivity contribution in [3.63, 3.8) is 0 Å². The maximum Gasteiger partial charge on any atom is 0.243 e. The third-order valence-corrected chi connectivity index (χ3v) is 8.01. The van der Waals surface area contributed by atoms with Gasteiger partial charge in [0, 0.05) is 17.6 Å². The predicted molar refractivity (Wildman–Crippen MR) is 105 cm³/mol. The summed E-state index contributed by atoms with van der Waals surface area (Å²) in [7, 11) is -3.55. The van der Waals surface area contributed by atoms with E-state index in [0.717, 1.165) is 43.2 Å². The fraction of sp³-hybridized carbons (Fsp3) is 0.421. The van der Waals surface area contributed by atoms with Crippen LogP contribution in [0.25, 0.3) is 16.9 Å². The van der Waals surface area contributed by atoms with Crippen LogP contribution in [0.3, 0.4) is 0 Å². The number of benzene rings is 1. The van der Waals surface area contributed by atoms with E-state index in [-0.39, 0.29) is 11.4 Å². The summed E-state index contributed by atoms with van der Waals surface area (Å²) in [5, 5.41) is 4.24. The number of nitrogen functional groups attached to an aromatic ring is 1. The number of sulfonamides is 1. The van der Waals surface area contributed by atoms with Gasteiger partial charge in [-0.3, -0.25) is 0 Å². The molecule has 1 aliphatic carbocycles. The molecule has 146 valence electrons. The molecule has 9 heteroatoms. The van der Waals surface area contributed by atoms with E-state index < -0.39 is 10.0 Å². The molecule has 0 radical (unpaired) electrons. The molecule has 0 atom stereocenters. The third kappa shape index (κ3) is 2.53. The largest absolute Gasteiger partial charge is 0.381 e. The number of nitrogens with two attached hydrogens (primary N) is 1. The van der Waals surface area contributed by atoms with E-state index in [4.69, 9.17) is 5.73 Å². The molecule has 0 bridgehead atoms. The van der Waals surface area contributed by atoms with Crippen molar-refractivity contribution in [2.24, 2.45) is 0 Å². The maximum atomic E-state index is 13.5. The molecule has 3 heterocycles. The summed E-state index contributed by atoms with van der Waals surface area (Å²) < 4.78 is 30.2. The highest BCUT2D eigenvalue weighted by molar-refractivity contribution is 7.89. The number of hydrogen-bond acceptors (Lipinski definition) is 6. The van der Waals surface area contributed by atoms with E-state index in [1.54, 1.807) is 27.2 Å². The number of anilines is 1. The lowest BCUT2D eigenvalue weighted by Gasteiger charge is -2.35. The minimum absolute atomic E-state index is 0.146. The van der Waals surface area contributed by atoms with E-state index in [2.05, 4.69) is 15.1 Å². The van der Waals surface area contributed by atoms with Crippen LogP contribution in [0.15, 0.2) is 35.6 Å². The van der Waals surface area contributed by atoms with Gasteiger partial charge in [-0.25, -0.2) is 22.9 Å². The third-order valence-electron chi connectivity index (χ3n) is 6.01. The van der Waals surface area contributed by atoms with Crippen molar-refractivity contribution in [2.75, 3.05) is 12.3 Å². The summed E-state index contributed by atoms with van der Waals surface area (Å²) >= 11 is 0. The molecule has 1 saturated heterocycles. The highest BCUT2D eigenvalue weighted by atomic mass is 32.2. The van der Waals surface area contributed by atoms with E-state index in [9.17, 15) is 8.42 Å². The van der Waals surface area contributed by atoms with Gasteiger partial charge in [-0.05, 0) is 50.3 Å². The lowest BCUT2D eigenvalue weighted by molar-refractivity contribution is 0.233. The lowest BCUT2D eigenvalue weighted by Crippen LogP contribution is -2.45. The number of hydrogen-bond donors (Lipinski definition) is 1. The molecule has 1 saturated carbocycles. The van der Waals surface area contributed by atoms with Gasteiger partial charge in [0.25, 0.3) is 0 Å². The minimum atomic E-state index is -3.55. The molecule has 2 fully saturated rings. The predicted octanol–water partition coefficient (Wildman–Crippen LogP) is 2.39. The number of imidazole rings is 1. The Labute approximate surface area is 163 Å². The second-order valence-corrected chi connectivity index (χ2v) is 9.62. The van der Waals surface area contributed by atoms with Gasteiger partial charge < -0.3 is 5.73 Å². The van der Waals surface area contributed by atoms with Crippen LogP contribution in [-0.4, -0.2) is 44.4 Å². The molecule has 2 aliphatic rings. The van der Waals surface area contributed by atoms with Crippen molar-refractivity contribution in [1.29, 1.82) is 0 Å². The van der Waals surface area contributed by atoms with Gasteiger partial charge in [0.05, 0.1) is 16.8 Å². The number of aromatic nitrogens is 4. The first-order valence-electron chi connectivity index (χ1n) is 9.50. The van der Waals surface area contributed by atoms with Gasteiger partial charge in [-0.2, -0.15) is 9.40 Å². The van der Waals surface area contributed by atoms with Crippen molar-refractivity contribution in [2.45, 2.75) is 49.5 Å². The molecule has 28 heavy (non-hydrogen) atoms. The summed E-state index contributed by atoms with van der Waals surface area (Å²) in [6.07, 6.45) is 7.95. The zero-order valence-corrected chi connectivity index (χ0v) is 16.5. The molecule has 0 unspecified atom stereocenters. The van der Waals surface area contributed by atoms with Crippen molar-refractivity contribution in [3.05, 3.63) is 36.3 Å². The second-order valence-electron chi connectivity index (χ2n) is 7.76. The standard InChI is InChI=1S/C19H22N6O2S/c1-13-4-5-14(28(26,27)24-9-3-2-6-19(24)7-8-19)10-15(13)16-11-21-18-17(20)22-12-23-25(16)18/h4-5,10-12H,2-3,6-9H2,1H3,(H2,20,22,23). The summed E-state index contributed by atoms with van der Waals surface area (Å²) in [4.78, 5) is 8.58. The van der Waals surface area contributed by atoms with Crippen LogP contribution >= 0.6 is 0 Å². The van der Waals surface area contributed by atoms with Crippen LogP contribution in [0.1, 0.15) is 37.7 Å². The SMILES string of the molecule is Cc1ccc(S(=O)(=O)N2CCCCC23CC3)cc1-c1cnc2c(N)ncnn12.